The van der Waals surface area contributed by atoms with E-state index in [1.807, 2.05) is 0 Å². The average Bonchev–Trinajstić information content (AvgIpc) is 2.81. The normalized spacial score (nSPS) is 28.8. The number of rotatable bonds is 3. The van der Waals surface area contributed by atoms with Gasteiger partial charge in [-0.15, -0.1) is 0 Å². The van der Waals surface area contributed by atoms with E-state index in [1.54, 1.807) is 49.3 Å². The third-order valence-corrected chi connectivity index (χ3v) is 8.06. The van der Waals surface area contributed by atoms with Crippen molar-refractivity contribution in [3.63, 3.8) is 0 Å². The topological polar surface area (TPSA) is 181 Å². The first-order valence-corrected chi connectivity index (χ1v) is 12.0. The van der Waals surface area contributed by atoms with Crippen LogP contribution in [0.4, 0.5) is 11.4 Å². The number of ketones is 4. The van der Waals surface area contributed by atoms with E-state index in [1.165, 1.54) is 0 Å². The van der Waals surface area contributed by atoms with Crippen LogP contribution in [0, 0.1) is 23.7 Å². The highest BCUT2D eigenvalue weighted by atomic mass is 16.3. The number of fused-ring (bicyclic) bond motifs is 3. The van der Waals surface area contributed by atoms with Crippen molar-refractivity contribution >= 4 is 40.4 Å². The minimum atomic E-state index is -2.67. The first-order valence-electron chi connectivity index (χ1n) is 12.0. The number of amides is 1. The zero-order valence-electron chi connectivity index (χ0n) is 20.4. The molecule has 2 aromatic carbocycles. The van der Waals surface area contributed by atoms with Gasteiger partial charge in [0.15, 0.2) is 34.7 Å². The summed E-state index contributed by atoms with van der Waals surface area (Å²) in [4.78, 5) is 66.8. The molecule has 0 saturated heterocycles. The van der Waals surface area contributed by atoms with Gasteiger partial charge < -0.3 is 26.6 Å². The first-order chi connectivity index (χ1) is 17.4. The molecule has 5 atom stereocenters. The number of Topliss-reactive ketones (excluding diaryl/α,β-unsaturated/α-hetero) is 4. The Balaban J connectivity index is 1.66. The van der Waals surface area contributed by atoms with Crippen molar-refractivity contribution in [1.29, 1.82) is 0 Å². The maximum Gasteiger partial charge on any atom is 0.235 e. The number of aromatic hydroxyl groups is 1. The number of hydrogen-bond donors (Lipinski definition) is 4. The Bertz CT molecular complexity index is 1410. The fourth-order valence-electron chi connectivity index (χ4n) is 6.34. The van der Waals surface area contributed by atoms with Crippen LogP contribution in [-0.4, -0.2) is 58.9 Å². The molecule has 1 amide bonds. The van der Waals surface area contributed by atoms with Crippen molar-refractivity contribution in [2.24, 2.45) is 29.4 Å². The molecule has 6 N–H and O–H groups in total. The monoisotopic (exact) mass is 505 g/mol. The Kier molecular flexibility index (Phi) is 5.49. The largest absolute Gasteiger partial charge is 0.507 e. The van der Waals surface area contributed by atoms with Crippen molar-refractivity contribution in [3.8, 4) is 16.9 Å². The minimum Gasteiger partial charge on any atom is -0.507 e. The Morgan fingerprint density at radius 2 is 1.78 bits per heavy atom. The zero-order chi connectivity index (χ0) is 27.0. The molecule has 10 nitrogen and oxygen atoms in total. The number of carbonyl (C=O) groups is 5. The van der Waals surface area contributed by atoms with Gasteiger partial charge in [-0.2, -0.15) is 0 Å². The van der Waals surface area contributed by atoms with E-state index in [4.69, 9.17) is 11.5 Å². The molecule has 0 spiro atoms. The van der Waals surface area contributed by atoms with Gasteiger partial charge in [-0.25, -0.2) is 0 Å². The Labute approximate surface area is 212 Å². The van der Waals surface area contributed by atoms with E-state index in [2.05, 4.69) is 0 Å². The van der Waals surface area contributed by atoms with E-state index in [-0.39, 0.29) is 30.6 Å². The first kappa shape index (κ1) is 24.6. The Hall–Kier alpha value is -4.05. The lowest BCUT2D eigenvalue weighted by Crippen LogP contribution is -2.68. The third kappa shape index (κ3) is 3.39. The summed E-state index contributed by atoms with van der Waals surface area (Å²) in [5.41, 5.74) is 11.0. The molecule has 0 aliphatic heterocycles. The van der Waals surface area contributed by atoms with Gasteiger partial charge >= 0.3 is 0 Å². The second-order valence-electron chi connectivity index (χ2n) is 10.4. The molecule has 0 heterocycles. The van der Waals surface area contributed by atoms with Crippen LogP contribution in [0.5, 0.6) is 5.75 Å². The number of nitrogen functional groups attached to an aromatic ring is 1. The lowest BCUT2D eigenvalue weighted by atomic mass is 9.53. The molecule has 2 fully saturated rings. The van der Waals surface area contributed by atoms with Crippen LogP contribution in [0.2, 0.25) is 0 Å². The second-order valence-corrected chi connectivity index (χ2v) is 10.4. The minimum absolute atomic E-state index is 0.0473. The van der Waals surface area contributed by atoms with Gasteiger partial charge in [0.25, 0.3) is 0 Å². The van der Waals surface area contributed by atoms with E-state index in [0.717, 1.165) is 0 Å². The molecule has 0 bridgehead atoms. The van der Waals surface area contributed by atoms with E-state index in [9.17, 15) is 34.2 Å². The maximum absolute atomic E-state index is 13.9. The SMILES string of the molecule is CN(C)c1cc(-c2cccc(N)c2)c(O)c2c1C[C@H]1C[C@H]3CC(=O)C(C(N)=O)C(=O)[C@@]3(O)C(=O)C1C2=O. The molecule has 2 unspecified atom stereocenters. The Morgan fingerprint density at radius 1 is 1.08 bits per heavy atom. The number of phenols is 1. The number of carbonyl (C=O) groups excluding carboxylic acids is 5. The fourth-order valence-corrected chi connectivity index (χ4v) is 6.34. The summed E-state index contributed by atoms with van der Waals surface area (Å²) in [7, 11) is 3.58. The van der Waals surface area contributed by atoms with E-state index >= 15 is 0 Å². The summed E-state index contributed by atoms with van der Waals surface area (Å²) in [6, 6.07) is 8.53. The number of anilines is 2. The number of nitrogens with two attached hydrogens (primary N) is 2. The van der Waals surface area contributed by atoms with E-state index < -0.39 is 58.3 Å². The molecule has 5 rings (SSSR count). The van der Waals surface area contributed by atoms with Crippen LogP contribution in [-0.2, 0) is 25.6 Å². The highest BCUT2D eigenvalue weighted by Crippen LogP contribution is 2.52. The van der Waals surface area contributed by atoms with Crippen LogP contribution in [0.1, 0.15) is 28.8 Å². The van der Waals surface area contributed by atoms with Crippen molar-refractivity contribution in [3.05, 3.63) is 41.5 Å². The van der Waals surface area contributed by atoms with Crippen molar-refractivity contribution in [2.45, 2.75) is 24.9 Å². The average molecular weight is 506 g/mol. The van der Waals surface area contributed by atoms with Crippen molar-refractivity contribution < 1.29 is 34.2 Å². The number of phenolic OH excluding ortho intramolecular Hbond substituents is 1. The summed E-state index contributed by atoms with van der Waals surface area (Å²) in [6.07, 6.45) is -0.109. The molecular formula is C27H27N3O7. The third-order valence-electron chi connectivity index (χ3n) is 8.06. The molecule has 0 radical (unpaired) electrons. The fraction of sp³-hybridized carbons (Fsp3) is 0.370. The van der Waals surface area contributed by atoms with Crippen LogP contribution < -0.4 is 16.4 Å². The number of benzene rings is 2. The highest BCUT2D eigenvalue weighted by Gasteiger charge is 2.66. The van der Waals surface area contributed by atoms with Crippen LogP contribution in [0.15, 0.2) is 30.3 Å². The predicted molar refractivity (Wildman–Crippen MR) is 133 cm³/mol. The van der Waals surface area contributed by atoms with Crippen molar-refractivity contribution in [2.75, 3.05) is 24.7 Å². The molecule has 10 heteroatoms. The smallest absolute Gasteiger partial charge is 0.235 e. The molecule has 3 aliphatic carbocycles. The molecule has 2 aromatic rings. The van der Waals surface area contributed by atoms with Gasteiger partial charge in [-0.05, 0) is 48.1 Å². The number of aliphatic hydroxyl groups is 1. The molecule has 3 aliphatic rings. The lowest BCUT2D eigenvalue weighted by Gasteiger charge is -2.48. The van der Waals surface area contributed by atoms with E-state index in [0.29, 0.717) is 28.1 Å². The maximum atomic E-state index is 13.9. The molecular weight excluding hydrogens is 478 g/mol. The van der Waals surface area contributed by atoms with Crippen LogP contribution >= 0.6 is 0 Å². The second kappa shape index (κ2) is 8.24. The zero-order valence-corrected chi connectivity index (χ0v) is 20.4. The molecule has 37 heavy (non-hydrogen) atoms. The summed E-state index contributed by atoms with van der Waals surface area (Å²) in [5.74, 6) is -10.3. The number of nitrogens with zero attached hydrogens (tertiary/aromatic N) is 1. The van der Waals surface area contributed by atoms with Gasteiger partial charge in [-0.1, -0.05) is 12.1 Å². The summed E-state index contributed by atoms with van der Waals surface area (Å²) >= 11 is 0. The molecule has 2 saturated carbocycles. The van der Waals surface area contributed by atoms with Crippen LogP contribution in [0.3, 0.4) is 0 Å². The summed E-state index contributed by atoms with van der Waals surface area (Å²) in [5, 5.41) is 22.7. The Morgan fingerprint density at radius 3 is 2.41 bits per heavy atom. The summed E-state index contributed by atoms with van der Waals surface area (Å²) in [6.45, 7) is 0. The summed E-state index contributed by atoms with van der Waals surface area (Å²) < 4.78 is 0. The van der Waals surface area contributed by atoms with Gasteiger partial charge in [0, 0.05) is 43.4 Å². The molecule has 192 valence electrons. The number of hydrogen-bond acceptors (Lipinski definition) is 9. The predicted octanol–water partition coefficient (Wildman–Crippen LogP) is 0.642. The van der Waals surface area contributed by atoms with Gasteiger partial charge in [0.1, 0.15) is 5.75 Å². The van der Waals surface area contributed by atoms with Crippen LogP contribution in [0.25, 0.3) is 11.1 Å². The lowest BCUT2D eigenvalue weighted by molar-refractivity contribution is -0.175. The standard InChI is InChI=1S/C27H27N3O7/c1-30(2)17-10-15(11-4-3-5-14(28)7-11)22(32)20-16(17)8-12-6-13-9-18(31)21(26(29)36)25(35)27(13,37)24(34)19(12)23(20)33/h3-5,7,10,12-13,19,21,32,37H,6,8-9,28H2,1-2H3,(H2,29,36)/t12-,13+,19?,21?,27+/m1/s1. The van der Waals surface area contributed by atoms with Gasteiger partial charge in [0.05, 0.1) is 11.5 Å². The van der Waals surface area contributed by atoms with Gasteiger partial charge in [0.2, 0.25) is 5.91 Å². The van der Waals surface area contributed by atoms with Gasteiger partial charge in [-0.3, -0.25) is 24.0 Å². The quantitative estimate of drug-likeness (QED) is 0.344. The van der Waals surface area contributed by atoms with Crippen molar-refractivity contribution in [1.82, 2.24) is 0 Å². The molecule has 0 aromatic heterocycles. The number of primary amides is 1. The highest BCUT2D eigenvalue weighted by molar-refractivity contribution is 6.31.